The summed E-state index contributed by atoms with van der Waals surface area (Å²) in [6.07, 6.45) is 4.80. The van der Waals surface area contributed by atoms with Gasteiger partial charge in [0.1, 0.15) is 0 Å². The molecule has 1 heterocycles. The number of sulfone groups is 1. The summed E-state index contributed by atoms with van der Waals surface area (Å²) in [5.74, 6) is 0. The fraction of sp³-hybridized carbons (Fsp3) is 0.900. The number of hydrogen-bond acceptors (Lipinski definition) is 3. The Labute approximate surface area is 96.1 Å². The first kappa shape index (κ1) is 11.7. The molecule has 0 aromatic carbocycles. The lowest BCUT2D eigenvalue weighted by atomic mass is 10.1. The third kappa shape index (κ3) is 2.87. The van der Waals surface area contributed by atoms with Crippen LogP contribution in [0.5, 0.6) is 0 Å². The number of nitrogens with one attached hydrogen (secondary N) is 1. The predicted octanol–water partition coefficient (Wildman–Crippen LogP) is 0.367. The molecule has 1 saturated heterocycles. The van der Waals surface area contributed by atoms with Gasteiger partial charge in [-0.3, -0.25) is 0 Å². The Hall–Kier alpha value is -0.780. The first-order valence-electron chi connectivity index (χ1n) is 5.71. The Morgan fingerprint density at radius 1 is 1.31 bits per heavy atom. The lowest BCUT2D eigenvalue weighted by Crippen LogP contribution is -2.49. The summed E-state index contributed by atoms with van der Waals surface area (Å²) in [7, 11) is -3.03. The van der Waals surface area contributed by atoms with Crippen molar-refractivity contribution in [3.05, 3.63) is 0 Å². The molecule has 0 aromatic heterocycles. The van der Waals surface area contributed by atoms with Crippen LogP contribution in [0.25, 0.3) is 0 Å². The maximum Gasteiger partial charge on any atom is 0.317 e. The summed E-state index contributed by atoms with van der Waals surface area (Å²) in [6.45, 7) is 1.02. The molecular weight excluding hydrogens is 228 g/mol. The number of urea groups is 1. The number of nitrogens with zero attached hydrogens (tertiary/aromatic N) is 1. The molecule has 0 aromatic rings. The Morgan fingerprint density at radius 3 is 2.56 bits per heavy atom. The van der Waals surface area contributed by atoms with E-state index in [1.165, 1.54) is 6.26 Å². The molecule has 0 bridgehead atoms. The van der Waals surface area contributed by atoms with Gasteiger partial charge in [0.15, 0.2) is 9.84 Å². The van der Waals surface area contributed by atoms with Gasteiger partial charge >= 0.3 is 6.03 Å². The van der Waals surface area contributed by atoms with Gasteiger partial charge in [-0.05, 0) is 25.7 Å². The van der Waals surface area contributed by atoms with Crippen molar-refractivity contribution >= 4 is 15.9 Å². The van der Waals surface area contributed by atoms with E-state index in [4.69, 9.17) is 0 Å². The molecule has 1 aliphatic heterocycles. The summed E-state index contributed by atoms with van der Waals surface area (Å²) in [5.41, 5.74) is 0. The number of amides is 2. The molecule has 2 aliphatic rings. The van der Waals surface area contributed by atoms with Crippen molar-refractivity contribution in [2.45, 2.75) is 37.0 Å². The van der Waals surface area contributed by atoms with Crippen LogP contribution in [0.4, 0.5) is 4.79 Å². The molecule has 2 amide bonds. The molecule has 6 heteroatoms. The first-order chi connectivity index (χ1) is 7.47. The zero-order valence-corrected chi connectivity index (χ0v) is 10.3. The van der Waals surface area contributed by atoms with Gasteiger partial charge in [-0.2, -0.15) is 0 Å². The maximum atomic E-state index is 11.7. The Balaban J connectivity index is 1.92. The molecule has 1 N–H and O–H groups in total. The maximum absolute atomic E-state index is 11.7. The SMILES string of the molecule is CS(=O)(=O)[C@@H]1CCCN(C(=O)NC2CC2)C1. The van der Waals surface area contributed by atoms with Crippen LogP contribution in [-0.4, -0.2) is 50.0 Å². The third-order valence-electron chi connectivity index (χ3n) is 3.18. The Kier molecular flexibility index (Phi) is 3.10. The average molecular weight is 246 g/mol. The third-order valence-corrected chi connectivity index (χ3v) is 4.77. The molecule has 1 atom stereocenters. The number of piperidine rings is 1. The molecule has 0 radical (unpaired) electrons. The largest absolute Gasteiger partial charge is 0.335 e. The highest BCUT2D eigenvalue weighted by Gasteiger charge is 2.32. The predicted molar refractivity (Wildman–Crippen MR) is 61.0 cm³/mol. The van der Waals surface area contributed by atoms with Crippen LogP contribution in [0.2, 0.25) is 0 Å². The van der Waals surface area contributed by atoms with Gasteiger partial charge in [0, 0.05) is 25.4 Å². The van der Waals surface area contributed by atoms with Gasteiger partial charge in [0.2, 0.25) is 0 Å². The van der Waals surface area contributed by atoms with Crippen LogP contribution in [0.3, 0.4) is 0 Å². The van der Waals surface area contributed by atoms with E-state index in [9.17, 15) is 13.2 Å². The summed E-state index contributed by atoms with van der Waals surface area (Å²) in [4.78, 5) is 13.4. The second-order valence-corrected chi connectivity index (χ2v) is 7.09. The van der Waals surface area contributed by atoms with Gasteiger partial charge in [-0.1, -0.05) is 0 Å². The second-order valence-electron chi connectivity index (χ2n) is 4.76. The highest BCUT2D eigenvalue weighted by Crippen LogP contribution is 2.21. The molecule has 1 aliphatic carbocycles. The standard InChI is InChI=1S/C10H18N2O3S/c1-16(14,15)9-3-2-6-12(7-9)10(13)11-8-4-5-8/h8-9H,2-7H2,1H3,(H,11,13)/t9-/m1/s1. The number of carbonyl (C=O) groups excluding carboxylic acids is 1. The zero-order chi connectivity index (χ0) is 11.8. The average Bonchev–Trinajstić information content (AvgIpc) is 3.00. The lowest BCUT2D eigenvalue weighted by Gasteiger charge is -2.31. The molecule has 0 unspecified atom stereocenters. The summed E-state index contributed by atoms with van der Waals surface area (Å²) < 4.78 is 22.9. The molecular formula is C10H18N2O3S. The molecule has 2 fully saturated rings. The van der Waals surface area contributed by atoms with E-state index in [1.807, 2.05) is 0 Å². The number of likely N-dealkylation sites (tertiary alicyclic amines) is 1. The van der Waals surface area contributed by atoms with Gasteiger partial charge < -0.3 is 10.2 Å². The van der Waals surface area contributed by atoms with E-state index < -0.39 is 9.84 Å². The quantitative estimate of drug-likeness (QED) is 0.765. The smallest absolute Gasteiger partial charge is 0.317 e. The van der Waals surface area contributed by atoms with Gasteiger partial charge in [0.25, 0.3) is 0 Å². The summed E-state index contributed by atoms with van der Waals surface area (Å²) in [6, 6.07) is 0.224. The molecule has 0 spiro atoms. The van der Waals surface area contributed by atoms with Crippen LogP contribution >= 0.6 is 0 Å². The fourth-order valence-corrected chi connectivity index (χ4v) is 3.01. The number of carbonyl (C=O) groups is 1. The monoisotopic (exact) mass is 246 g/mol. The zero-order valence-electron chi connectivity index (χ0n) is 9.48. The minimum atomic E-state index is -3.03. The van der Waals surface area contributed by atoms with Crippen LogP contribution in [0.15, 0.2) is 0 Å². The van der Waals surface area contributed by atoms with Gasteiger partial charge in [-0.25, -0.2) is 13.2 Å². The van der Waals surface area contributed by atoms with Crippen molar-refractivity contribution in [3.8, 4) is 0 Å². The van der Waals surface area contributed by atoms with Crippen LogP contribution in [-0.2, 0) is 9.84 Å². The molecule has 1 saturated carbocycles. The number of hydrogen-bond donors (Lipinski definition) is 1. The van der Waals surface area contributed by atoms with E-state index in [1.54, 1.807) is 4.90 Å². The van der Waals surface area contributed by atoms with E-state index >= 15 is 0 Å². The number of rotatable bonds is 2. The van der Waals surface area contributed by atoms with E-state index in [2.05, 4.69) is 5.32 Å². The van der Waals surface area contributed by atoms with Crippen LogP contribution in [0.1, 0.15) is 25.7 Å². The topological polar surface area (TPSA) is 66.5 Å². The summed E-state index contributed by atoms with van der Waals surface area (Å²) >= 11 is 0. The van der Waals surface area contributed by atoms with Crippen molar-refractivity contribution < 1.29 is 13.2 Å². The van der Waals surface area contributed by atoms with Crippen molar-refractivity contribution in [3.63, 3.8) is 0 Å². The van der Waals surface area contributed by atoms with Crippen LogP contribution in [0, 0.1) is 0 Å². The molecule has 92 valence electrons. The first-order valence-corrected chi connectivity index (χ1v) is 7.66. The minimum Gasteiger partial charge on any atom is -0.335 e. The fourth-order valence-electron chi connectivity index (χ4n) is 1.97. The van der Waals surface area contributed by atoms with Gasteiger partial charge in [-0.15, -0.1) is 0 Å². The highest BCUT2D eigenvalue weighted by atomic mass is 32.2. The summed E-state index contributed by atoms with van der Waals surface area (Å²) in [5, 5.41) is 2.50. The molecule has 16 heavy (non-hydrogen) atoms. The van der Waals surface area contributed by atoms with E-state index in [-0.39, 0.29) is 11.3 Å². The van der Waals surface area contributed by atoms with Crippen molar-refractivity contribution in [2.75, 3.05) is 19.3 Å². The Morgan fingerprint density at radius 2 is 2.00 bits per heavy atom. The van der Waals surface area contributed by atoms with E-state index in [0.29, 0.717) is 25.6 Å². The molecule has 5 nitrogen and oxygen atoms in total. The highest BCUT2D eigenvalue weighted by molar-refractivity contribution is 7.91. The normalized spacial score (nSPS) is 26.6. The van der Waals surface area contributed by atoms with Crippen LogP contribution < -0.4 is 5.32 Å². The molecule has 2 rings (SSSR count). The van der Waals surface area contributed by atoms with E-state index in [0.717, 1.165) is 19.3 Å². The Bertz CT molecular complexity index is 376. The minimum absolute atomic E-state index is 0.101. The van der Waals surface area contributed by atoms with Crippen molar-refractivity contribution in [1.82, 2.24) is 10.2 Å². The van der Waals surface area contributed by atoms with Crippen molar-refractivity contribution in [1.29, 1.82) is 0 Å². The van der Waals surface area contributed by atoms with Gasteiger partial charge in [0.05, 0.1) is 5.25 Å². The lowest BCUT2D eigenvalue weighted by molar-refractivity contribution is 0.186. The van der Waals surface area contributed by atoms with Crippen molar-refractivity contribution in [2.24, 2.45) is 0 Å². The second kappa shape index (κ2) is 4.24.